The molecule has 5 nitrogen and oxygen atoms in total. The summed E-state index contributed by atoms with van der Waals surface area (Å²) in [6.45, 7) is 0. The lowest BCUT2D eigenvalue weighted by atomic mass is 9.83. The Hall–Kier alpha value is -3.12. The van der Waals surface area contributed by atoms with E-state index < -0.39 is 29.8 Å². The highest BCUT2D eigenvalue weighted by Crippen LogP contribution is 2.54. The number of ketones is 1. The zero-order valence-electron chi connectivity index (χ0n) is 18.1. The Kier molecular flexibility index (Phi) is 5.26. The summed E-state index contributed by atoms with van der Waals surface area (Å²) < 4.78 is 0. The normalized spacial score (nSPS) is 24.4. The zero-order chi connectivity index (χ0) is 24.4. The monoisotopic (exact) mass is 522 g/mol. The highest BCUT2D eigenvalue weighted by atomic mass is 35.5. The predicted molar refractivity (Wildman–Crippen MR) is 136 cm³/mol. The van der Waals surface area contributed by atoms with Crippen LogP contribution in [-0.2, 0) is 9.59 Å². The molecule has 4 atom stereocenters. The third kappa shape index (κ3) is 3.41. The Balaban J connectivity index is 1.50. The van der Waals surface area contributed by atoms with Gasteiger partial charge < -0.3 is 4.90 Å². The lowest BCUT2D eigenvalue weighted by Gasteiger charge is -2.35. The number of imide groups is 1. The quantitative estimate of drug-likeness (QED) is 0.310. The van der Waals surface area contributed by atoms with Gasteiger partial charge >= 0.3 is 0 Å². The van der Waals surface area contributed by atoms with Gasteiger partial charge in [-0.05, 0) is 59.7 Å². The fraction of sp³-hybridized carbons (Fsp3) is 0.148. The Labute approximate surface area is 216 Å². The third-order valence-electron chi connectivity index (χ3n) is 6.96. The van der Waals surface area contributed by atoms with Gasteiger partial charge in [-0.25, -0.2) is 4.90 Å². The summed E-state index contributed by atoms with van der Waals surface area (Å²) in [6.07, 6.45) is 3.74. The number of halogens is 3. The number of fused-ring (bicyclic) bond motifs is 5. The number of rotatable bonds is 3. The van der Waals surface area contributed by atoms with E-state index in [1.165, 1.54) is 18.2 Å². The van der Waals surface area contributed by atoms with E-state index in [2.05, 4.69) is 0 Å². The molecule has 0 aromatic heterocycles. The second kappa shape index (κ2) is 8.23. The Morgan fingerprint density at radius 1 is 0.771 bits per heavy atom. The molecule has 2 saturated heterocycles. The molecule has 2 fully saturated rings. The molecule has 3 aromatic rings. The van der Waals surface area contributed by atoms with E-state index in [9.17, 15) is 14.4 Å². The van der Waals surface area contributed by atoms with Gasteiger partial charge in [-0.1, -0.05) is 59.1 Å². The number of hydrogen-bond acceptors (Lipinski definition) is 4. The van der Waals surface area contributed by atoms with Gasteiger partial charge in [0, 0.05) is 26.8 Å². The van der Waals surface area contributed by atoms with Gasteiger partial charge in [-0.15, -0.1) is 0 Å². The first-order valence-corrected chi connectivity index (χ1v) is 12.2. The van der Waals surface area contributed by atoms with Crippen molar-refractivity contribution >= 4 is 64.2 Å². The number of nitrogens with zero attached hydrogens (tertiary/aromatic N) is 2. The first kappa shape index (κ1) is 22.4. The van der Waals surface area contributed by atoms with Gasteiger partial charge in [0.05, 0.1) is 23.6 Å². The summed E-state index contributed by atoms with van der Waals surface area (Å²) in [6, 6.07) is 17.6. The van der Waals surface area contributed by atoms with Gasteiger partial charge in [0.1, 0.15) is 6.04 Å². The molecule has 35 heavy (non-hydrogen) atoms. The molecular weight excluding hydrogens is 507 g/mol. The molecule has 0 radical (unpaired) electrons. The summed E-state index contributed by atoms with van der Waals surface area (Å²) >= 11 is 18.4. The highest BCUT2D eigenvalue weighted by molar-refractivity contribution is 6.36. The van der Waals surface area contributed by atoms with Crippen molar-refractivity contribution in [2.45, 2.75) is 12.1 Å². The molecule has 0 saturated carbocycles. The highest BCUT2D eigenvalue weighted by Gasteiger charge is 2.64. The molecule has 8 heteroatoms. The van der Waals surface area contributed by atoms with Gasteiger partial charge in [-0.2, -0.15) is 0 Å². The standard InChI is InChI=1S/C27H17Cl3N2O3/c28-16-7-5-15(6-8-16)25(33)24-22-21(23-20-4-2-1-3-14(20)9-10-31(23)24)26(34)32(27(22)35)19-12-17(29)11-18(30)13-19/h1-13,21-24H/t21-,22+,23-,24-/m0/s1. The number of hydrogen-bond donors (Lipinski definition) is 0. The second-order valence-electron chi connectivity index (χ2n) is 8.84. The van der Waals surface area contributed by atoms with Gasteiger partial charge in [0.15, 0.2) is 5.78 Å². The molecule has 0 aliphatic carbocycles. The minimum Gasteiger partial charge on any atom is -0.358 e. The maximum Gasteiger partial charge on any atom is 0.240 e. The Morgan fingerprint density at radius 2 is 1.43 bits per heavy atom. The van der Waals surface area contributed by atoms with Crippen LogP contribution in [0.25, 0.3) is 6.08 Å². The average molecular weight is 524 g/mol. The minimum absolute atomic E-state index is 0.240. The first-order chi connectivity index (χ1) is 16.8. The van der Waals surface area contributed by atoms with E-state index in [0.29, 0.717) is 26.3 Å². The van der Waals surface area contributed by atoms with Crippen LogP contribution in [0.3, 0.4) is 0 Å². The number of anilines is 1. The topological polar surface area (TPSA) is 57.7 Å². The predicted octanol–water partition coefficient (Wildman–Crippen LogP) is 6.05. The fourth-order valence-electron chi connectivity index (χ4n) is 5.56. The molecule has 3 aromatic carbocycles. The van der Waals surface area contributed by atoms with Gasteiger partial charge in [-0.3, -0.25) is 14.4 Å². The van der Waals surface area contributed by atoms with E-state index >= 15 is 0 Å². The first-order valence-electron chi connectivity index (χ1n) is 11.0. The van der Waals surface area contributed by atoms with Crippen molar-refractivity contribution in [2.75, 3.05) is 4.90 Å². The van der Waals surface area contributed by atoms with Crippen LogP contribution in [-0.4, -0.2) is 28.5 Å². The van der Waals surface area contributed by atoms with Crippen molar-refractivity contribution in [3.63, 3.8) is 0 Å². The van der Waals surface area contributed by atoms with Crippen LogP contribution in [0.5, 0.6) is 0 Å². The molecule has 3 heterocycles. The summed E-state index contributed by atoms with van der Waals surface area (Å²) in [5, 5.41) is 1.13. The maximum atomic E-state index is 13.9. The number of benzene rings is 3. The molecular formula is C27H17Cl3N2O3. The number of Topliss-reactive ketones (excluding diaryl/α,β-unsaturated/α-hetero) is 1. The summed E-state index contributed by atoms with van der Waals surface area (Å²) in [4.78, 5) is 44.6. The summed E-state index contributed by atoms with van der Waals surface area (Å²) in [5.74, 6) is -2.66. The minimum atomic E-state index is -0.871. The third-order valence-corrected chi connectivity index (χ3v) is 7.65. The van der Waals surface area contributed by atoms with E-state index in [1.807, 2.05) is 41.4 Å². The van der Waals surface area contributed by atoms with Gasteiger partial charge in [0.2, 0.25) is 11.8 Å². The Morgan fingerprint density at radius 3 is 2.14 bits per heavy atom. The zero-order valence-corrected chi connectivity index (χ0v) is 20.3. The van der Waals surface area contributed by atoms with Crippen LogP contribution in [0.1, 0.15) is 27.5 Å². The smallest absolute Gasteiger partial charge is 0.240 e. The van der Waals surface area contributed by atoms with Crippen LogP contribution >= 0.6 is 34.8 Å². The van der Waals surface area contributed by atoms with Crippen LogP contribution in [0.2, 0.25) is 15.1 Å². The van der Waals surface area contributed by atoms with E-state index in [-0.39, 0.29) is 11.7 Å². The lowest BCUT2D eigenvalue weighted by molar-refractivity contribution is -0.123. The molecule has 0 bridgehead atoms. The van der Waals surface area contributed by atoms with Crippen LogP contribution < -0.4 is 4.90 Å². The Bertz CT molecular complexity index is 1420. The molecule has 174 valence electrons. The van der Waals surface area contributed by atoms with Crippen LogP contribution in [0.15, 0.2) is 72.9 Å². The van der Waals surface area contributed by atoms with Crippen molar-refractivity contribution < 1.29 is 14.4 Å². The number of carbonyl (C=O) groups excluding carboxylic acids is 3. The van der Waals surface area contributed by atoms with E-state index in [0.717, 1.165) is 16.0 Å². The van der Waals surface area contributed by atoms with Crippen molar-refractivity contribution in [1.29, 1.82) is 0 Å². The fourth-order valence-corrected chi connectivity index (χ4v) is 6.21. The molecule has 6 rings (SSSR count). The molecule has 3 aliphatic heterocycles. The summed E-state index contributed by atoms with van der Waals surface area (Å²) in [7, 11) is 0. The lowest BCUT2D eigenvalue weighted by Crippen LogP contribution is -2.44. The van der Waals surface area contributed by atoms with E-state index in [1.54, 1.807) is 24.3 Å². The number of amides is 2. The van der Waals surface area contributed by atoms with Crippen LogP contribution in [0, 0.1) is 11.8 Å². The number of carbonyl (C=O) groups is 3. The van der Waals surface area contributed by atoms with Crippen molar-refractivity contribution in [3.8, 4) is 0 Å². The molecule has 3 aliphatic rings. The molecule has 2 amide bonds. The molecule has 0 spiro atoms. The second-order valence-corrected chi connectivity index (χ2v) is 10.2. The summed E-state index contributed by atoms with van der Waals surface area (Å²) in [5.41, 5.74) is 2.59. The maximum absolute atomic E-state index is 13.9. The largest absolute Gasteiger partial charge is 0.358 e. The van der Waals surface area contributed by atoms with Crippen molar-refractivity contribution in [1.82, 2.24) is 4.90 Å². The van der Waals surface area contributed by atoms with Crippen molar-refractivity contribution in [2.24, 2.45) is 11.8 Å². The van der Waals surface area contributed by atoms with Crippen LogP contribution in [0.4, 0.5) is 5.69 Å². The van der Waals surface area contributed by atoms with Crippen molar-refractivity contribution in [3.05, 3.63) is 105 Å². The SMILES string of the molecule is O=C(c1ccc(Cl)cc1)[C@@H]1[C@@H]2C(=O)N(c3cc(Cl)cc(Cl)c3)C(=O)[C@@H]2[C@@H]2c3ccccc3C=CN12. The van der Waals surface area contributed by atoms with E-state index in [4.69, 9.17) is 34.8 Å². The molecule has 0 N–H and O–H groups in total. The molecule has 0 unspecified atom stereocenters. The van der Waals surface area contributed by atoms with Gasteiger partial charge in [0.25, 0.3) is 0 Å². The average Bonchev–Trinajstić information content (AvgIpc) is 3.31.